The number of carbonyl (C=O) groups excluding carboxylic acids is 1. The van der Waals surface area contributed by atoms with E-state index in [0.29, 0.717) is 25.1 Å². The number of nitrogens with zero attached hydrogens (tertiary/aromatic N) is 5. The molecule has 0 aliphatic rings. The van der Waals surface area contributed by atoms with E-state index in [0.717, 1.165) is 33.7 Å². The van der Waals surface area contributed by atoms with Gasteiger partial charge in [0.1, 0.15) is 17.8 Å². The second-order valence-electron chi connectivity index (χ2n) is 8.30. The van der Waals surface area contributed by atoms with E-state index >= 15 is 0 Å². The summed E-state index contributed by atoms with van der Waals surface area (Å²) in [6, 6.07) is 21.5. The van der Waals surface area contributed by atoms with Crippen molar-refractivity contribution in [1.82, 2.24) is 30.3 Å². The standard InChI is InChI=1S/C27H23N7O3/c35-26(18-9-11-19(12-10-18)27(36)37)28-13-4-14-34-16-24(32-33-34)20-5-3-6-21(15-20)31-25-22-7-1-2-8-23(22)29-17-30-25/h1-3,5-12,15-17H,4,13-14H2,(H,28,35)(H,36,37)(H,29,30,31). The van der Waals surface area contributed by atoms with E-state index < -0.39 is 5.97 Å². The first-order valence-electron chi connectivity index (χ1n) is 11.7. The van der Waals surface area contributed by atoms with Crippen molar-refractivity contribution in [3.05, 3.63) is 96.4 Å². The second-order valence-corrected chi connectivity index (χ2v) is 8.30. The van der Waals surface area contributed by atoms with Crippen LogP contribution in [0.15, 0.2) is 85.3 Å². The molecule has 0 unspecified atom stereocenters. The summed E-state index contributed by atoms with van der Waals surface area (Å²) in [6.45, 7) is 1.02. The molecule has 5 rings (SSSR count). The summed E-state index contributed by atoms with van der Waals surface area (Å²) in [5, 5.41) is 24.6. The number of aromatic carboxylic acids is 1. The van der Waals surface area contributed by atoms with Gasteiger partial charge in [-0.3, -0.25) is 9.48 Å². The van der Waals surface area contributed by atoms with Gasteiger partial charge in [0.05, 0.1) is 17.3 Å². The minimum absolute atomic E-state index is 0.141. The van der Waals surface area contributed by atoms with E-state index in [-0.39, 0.29) is 11.5 Å². The van der Waals surface area contributed by atoms with Gasteiger partial charge < -0.3 is 15.7 Å². The van der Waals surface area contributed by atoms with E-state index in [1.165, 1.54) is 30.6 Å². The molecule has 0 atom stereocenters. The van der Waals surface area contributed by atoms with E-state index in [1.807, 2.05) is 54.7 Å². The number of carboxylic acid groups (broad SMARTS) is 1. The topological polar surface area (TPSA) is 135 Å². The molecule has 0 spiro atoms. The summed E-state index contributed by atoms with van der Waals surface area (Å²) in [5.41, 5.74) is 3.94. The number of aryl methyl sites for hydroxylation is 1. The lowest BCUT2D eigenvalue weighted by Gasteiger charge is -2.09. The van der Waals surface area contributed by atoms with E-state index in [2.05, 4.69) is 30.9 Å². The highest BCUT2D eigenvalue weighted by Crippen LogP contribution is 2.26. The Bertz CT molecular complexity index is 1560. The number of aromatic nitrogens is 5. The first-order chi connectivity index (χ1) is 18.1. The minimum Gasteiger partial charge on any atom is -0.478 e. The third-order valence-corrected chi connectivity index (χ3v) is 5.75. The van der Waals surface area contributed by atoms with Gasteiger partial charge in [-0.05, 0) is 55.0 Å². The Morgan fingerprint density at radius 2 is 1.73 bits per heavy atom. The summed E-state index contributed by atoms with van der Waals surface area (Å²) >= 11 is 0. The van der Waals surface area contributed by atoms with Gasteiger partial charge in [-0.25, -0.2) is 14.8 Å². The molecule has 2 aromatic heterocycles. The number of amides is 1. The van der Waals surface area contributed by atoms with Crippen LogP contribution in [-0.4, -0.2) is 48.5 Å². The summed E-state index contributed by atoms with van der Waals surface area (Å²) in [7, 11) is 0. The highest BCUT2D eigenvalue weighted by molar-refractivity contribution is 5.95. The number of hydrogen-bond donors (Lipinski definition) is 3. The van der Waals surface area contributed by atoms with E-state index in [4.69, 9.17) is 5.11 Å². The Hall–Kier alpha value is -5.12. The maximum Gasteiger partial charge on any atom is 0.335 e. The fourth-order valence-electron chi connectivity index (χ4n) is 3.85. The molecular weight excluding hydrogens is 470 g/mol. The Kier molecular flexibility index (Phi) is 6.80. The van der Waals surface area contributed by atoms with Gasteiger partial charge in [0.25, 0.3) is 5.91 Å². The predicted octanol–water partition coefficient (Wildman–Crippen LogP) is 4.15. The summed E-state index contributed by atoms with van der Waals surface area (Å²) in [4.78, 5) is 31.9. The Morgan fingerprint density at radius 3 is 2.57 bits per heavy atom. The van der Waals surface area contributed by atoms with Gasteiger partial charge in [0, 0.05) is 35.3 Å². The van der Waals surface area contributed by atoms with Gasteiger partial charge in [-0.15, -0.1) is 5.10 Å². The molecule has 0 radical (unpaired) electrons. The van der Waals surface area contributed by atoms with Crippen LogP contribution in [0.25, 0.3) is 22.2 Å². The van der Waals surface area contributed by atoms with Gasteiger partial charge in [-0.1, -0.05) is 29.5 Å². The smallest absolute Gasteiger partial charge is 0.335 e. The van der Waals surface area contributed by atoms with Gasteiger partial charge in [-0.2, -0.15) is 0 Å². The Labute approximate surface area is 212 Å². The van der Waals surface area contributed by atoms with Crippen molar-refractivity contribution < 1.29 is 14.7 Å². The average molecular weight is 494 g/mol. The van der Waals surface area contributed by atoms with E-state index in [9.17, 15) is 9.59 Å². The molecular formula is C27H23N7O3. The van der Waals surface area contributed by atoms with Crippen LogP contribution >= 0.6 is 0 Å². The molecule has 3 N–H and O–H groups in total. The SMILES string of the molecule is O=C(O)c1ccc(C(=O)NCCCn2cc(-c3cccc(Nc4ncnc5ccccc45)c3)nn2)cc1. The molecule has 0 aliphatic heterocycles. The molecule has 0 bridgehead atoms. The normalized spacial score (nSPS) is 10.8. The van der Waals surface area contributed by atoms with Crippen LogP contribution in [0.1, 0.15) is 27.1 Å². The van der Waals surface area contributed by atoms with Crippen LogP contribution in [0.4, 0.5) is 11.5 Å². The van der Waals surface area contributed by atoms with Crippen LogP contribution in [0.2, 0.25) is 0 Å². The second kappa shape index (κ2) is 10.6. The molecule has 0 aliphatic carbocycles. The maximum atomic E-state index is 12.3. The minimum atomic E-state index is -1.03. The Balaban J connectivity index is 1.17. The third-order valence-electron chi connectivity index (χ3n) is 5.75. The summed E-state index contributed by atoms with van der Waals surface area (Å²) in [6.07, 6.45) is 4.06. The molecule has 0 saturated carbocycles. The molecule has 0 saturated heterocycles. The van der Waals surface area contributed by atoms with Crippen molar-refractivity contribution in [3.63, 3.8) is 0 Å². The lowest BCUT2D eigenvalue weighted by molar-refractivity contribution is 0.0696. The van der Waals surface area contributed by atoms with Crippen molar-refractivity contribution in [2.45, 2.75) is 13.0 Å². The highest BCUT2D eigenvalue weighted by atomic mass is 16.4. The number of nitrogens with one attached hydrogen (secondary N) is 2. The van der Waals surface area contributed by atoms with Crippen molar-refractivity contribution in [1.29, 1.82) is 0 Å². The molecule has 10 heteroatoms. The van der Waals surface area contributed by atoms with Crippen LogP contribution in [-0.2, 0) is 6.54 Å². The van der Waals surface area contributed by atoms with Gasteiger partial charge in [0.15, 0.2) is 0 Å². The molecule has 5 aromatic rings. The van der Waals surface area contributed by atoms with Crippen molar-refractivity contribution in [2.24, 2.45) is 0 Å². The zero-order valence-electron chi connectivity index (χ0n) is 19.7. The van der Waals surface area contributed by atoms with Crippen LogP contribution < -0.4 is 10.6 Å². The maximum absolute atomic E-state index is 12.3. The Morgan fingerprint density at radius 1 is 0.919 bits per heavy atom. The van der Waals surface area contributed by atoms with Crippen molar-refractivity contribution in [2.75, 3.05) is 11.9 Å². The fraction of sp³-hybridized carbons (Fsp3) is 0.111. The quantitative estimate of drug-likeness (QED) is 0.261. The zero-order chi connectivity index (χ0) is 25.6. The molecule has 37 heavy (non-hydrogen) atoms. The van der Waals surface area contributed by atoms with Crippen LogP contribution in [0.5, 0.6) is 0 Å². The number of fused-ring (bicyclic) bond motifs is 1. The average Bonchev–Trinajstić information content (AvgIpc) is 3.40. The molecule has 0 fully saturated rings. The first-order valence-corrected chi connectivity index (χ1v) is 11.7. The number of rotatable bonds is 9. The molecule has 184 valence electrons. The largest absolute Gasteiger partial charge is 0.478 e. The lowest BCUT2D eigenvalue weighted by Crippen LogP contribution is -2.25. The van der Waals surface area contributed by atoms with Crippen LogP contribution in [0.3, 0.4) is 0 Å². The molecule has 2 heterocycles. The lowest BCUT2D eigenvalue weighted by atomic mass is 10.1. The number of hydrogen-bond acceptors (Lipinski definition) is 7. The summed E-state index contributed by atoms with van der Waals surface area (Å²) in [5.74, 6) is -0.551. The van der Waals surface area contributed by atoms with Crippen molar-refractivity contribution >= 4 is 34.3 Å². The van der Waals surface area contributed by atoms with Gasteiger partial charge in [0.2, 0.25) is 0 Å². The molecule has 1 amide bonds. The number of carboxylic acids is 1. The third kappa shape index (κ3) is 5.59. The van der Waals surface area contributed by atoms with Crippen LogP contribution in [0, 0.1) is 0 Å². The fourth-order valence-corrected chi connectivity index (χ4v) is 3.85. The van der Waals surface area contributed by atoms with E-state index in [1.54, 1.807) is 4.68 Å². The van der Waals surface area contributed by atoms with Gasteiger partial charge >= 0.3 is 5.97 Å². The summed E-state index contributed by atoms with van der Waals surface area (Å²) < 4.78 is 1.74. The number of carbonyl (C=O) groups is 2. The number of anilines is 2. The molecule has 10 nitrogen and oxygen atoms in total. The highest BCUT2D eigenvalue weighted by Gasteiger charge is 2.09. The number of benzene rings is 3. The monoisotopic (exact) mass is 493 g/mol. The predicted molar refractivity (Wildman–Crippen MR) is 139 cm³/mol. The van der Waals surface area contributed by atoms with Crippen molar-refractivity contribution in [3.8, 4) is 11.3 Å². The zero-order valence-corrected chi connectivity index (χ0v) is 19.7. The first kappa shape index (κ1) is 23.6. The molecule has 3 aromatic carbocycles. The number of para-hydroxylation sites is 1.